The number of nitrogens with one attached hydrogen (secondary N) is 1. The van der Waals surface area contributed by atoms with Crippen LogP contribution in [-0.4, -0.2) is 72.3 Å². The van der Waals surface area contributed by atoms with E-state index < -0.39 is 30.6 Å². The van der Waals surface area contributed by atoms with E-state index in [1.54, 1.807) is 24.0 Å². The Morgan fingerprint density at radius 3 is 2.42 bits per heavy atom. The average Bonchev–Trinajstić information content (AvgIpc) is 3.14. The summed E-state index contributed by atoms with van der Waals surface area (Å²) in [4.78, 5) is 53.5. The van der Waals surface area contributed by atoms with Crippen molar-refractivity contribution in [3.05, 3.63) is 65.7 Å². The van der Waals surface area contributed by atoms with Gasteiger partial charge in [-0.05, 0) is 62.1 Å². The quantitative estimate of drug-likeness (QED) is 0.256. The molecule has 1 fully saturated rings. The van der Waals surface area contributed by atoms with E-state index in [4.69, 9.17) is 9.47 Å². The zero-order chi connectivity index (χ0) is 30.6. The van der Waals surface area contributed by atoms with Gasteiger partial charge in [-0.15, -0.1) is 0 Å². The number of para-hydroxylation sites is 1. The fraction of sp³-hybridized carbons (Fsp3) is 0.515. The monoisotopic (exact) mass is 593 g/mol. The van der Waals surface area contributed by atoms with Gasteiger partial charge in [0.05, 0.1) is 12.6 Å². The van der Waals surface area contributed by atoms with Crippen LogP contribution < -0.4 is 10.2 Å². The molecule has 4 rings (SSSR count). The molecule has 0 saturated carbocycles. The number of aryl methyl sites for hydroxylation is 1. The molecule has 0 aromatic heterocycles. The summed E-state index contributed by atoms with van der Waals surface area (Å²) in [6.07, 6.45) is 5.78. The molecule has 0 aliphatic carbocycles. The number of fused-ring (bicyclic) bond motifs is 1. The van der Waals surface area contributed by atoms with Crippen LogP contribution in [0.1, 0.15) is 63.0 Å². The van der Waals surface area contributed by atoms with E-state index in [9.17, 15) is 24.3 Å². The summed E-state index contributed by atoms with van der Waals surface area (Å²) in [7, 11) is 0. The van der Waals surface area contributed by atoms with Gasteiger partial charge in [-0.1, -0.05) is 67.8 Å². The van der Waals surface area contributed by atoms with Crippen molar-refractivity contribution in [3.8, 4) is 0 Å². The number of likely N-dealkylation sites (tertiary alicyclic amines) is 1. The molecule has 1 saturated heterocycles. The molecule has 2 aromatic carbocycles. The number of nitrogens with zero attached hydrogens (tertiary/aromatic N) is 2. The van der Waals surface area contributed by atoms with Crippen molar-refractivity contribution < 1.29 is 33.8 Å². The van der Waals surface area contributed by atoms with Crippen LogP contribution in [0.3, 0.4) is 0 Å². The number of carbonyl (C=O) groups excluding carboxylic acids is 3. The lowest BCUT2D eigenvalue weighted by atomic mass is 9.91. The van der Waals surface area contributed by atoms with Crippen molar-refractivity contribution in [2.24, 2.45) is 5.92 Å². The summed E-state index contributed by atoms with van der Waals surface area (Å²) < 4.78 is 10.8. The minimum Gasteiger partial charge on any atom is -0.480 e. The second-order valence-corrected chi connectivity index (χ2v) is 11.3. The molecule has 0 radical (unpaired) electrons. The maximum atomic E-state index is 13.5. The molecule has 10 nitrogen and oxygen atoms in total. The zero-order valence-electron chi connectivity index (χ0n) is 24.9. The van der Waals surface area contributed by atoms with E-state index in [-0.39, 0.29) is 25.2 Å². The Kier molecular flexibility index (Phi) is 12.0. The number of aliphatic carboxylic acids is 1. The van der Waals surface area contributed by atoms with Crippen LogP contribution >= 0.6 is 0 Å². The lowest BCUT2D eigenvalue weighted by Crippen LogP contribution is -2.53. The molecule has 10 heteroatoms. The van der Waals surface area contributed by atoms with Crippen molar-refractivity contribution in [2.75, 3.05) is 31.1 Å². The Morgan fingerprint density at radius 1 is 0.977 bits per heavy atom. The largest absolute Gasteiger partial charge is 0.480 e. The predicted molar refractivity (Wildman–Crippen MR) is 161 cm³/mol. The fourth-order valence-corrected chi connectivity index (χ4v) is 5.92. The van der Waals surface area contributed by atoms with Crippen molar-refractivity contribution in [2.45, 2.75) is 77.0 Å². The number of esters is 1. The zero-order valence-corrected chi connectivity index (χ0v) is 24.9. The highest BCUT2D eigenvalue weighted by molar-refractivity contribution is 6.02. The van der Waals surface area contributed by atoms with E-state index in [0.717, 1.165) is 43.2 Å². The Balaban J connectivity index is 1.25. The van der Waals surface area contributed by atoms with E-state index in [0.29, 0.717) is 44.0 Å². The number of hydrogen-bond acceptors (Lipinski definition) is 7. The average molecular weight is 594 g/mol. The summed E-state index contributed by atoms with van der Waals surface area (Å²) in [5.74, 6) is -1.35. The lowest BCUT2D eigenvalue weighted by molar-refractivity contribution is -0.146. The minimum absolute atomic E-state index is 0.235. The van der Waals surface area contributed by atoms with Gasteiger partial charge >= 0.3 is 18.0 Å². The molecule has 2 atom stereocenters. The smallest absolute Gasteiger partial charge is 0.410 e. The predicted octanol–water partition coefficient (Wildman–Crippen LogP) is 4.55. The van der Waals surface area contributed by atoms with Gasteiger partial charge in [-0.25, -0.2) is 4.79 Å². The third kappa shape index (κ3) is 9.28. The number of carboxylic acids is 1. The molecule has 0 bridgehead atoms. The highest BCUT2D eigenvalue weighted by Crippen LogP contribution is 2.28. The van der Waals surface area contributed by atoms with Gasteiger partial charge in [-0.3, -0.25) is 24.6 Å². The second-order valence-electron chi connectivity index (χ2n) is 11.3. The topological polar surface area (TPSA) is 125 Å². The number of unbranched alkanes of at least 4 members (excludes halogenated alkanes) is 1. The first-order valence-electron chi connectivity index (χ1n) is 15.3. The van der Waals surface area contributed by atoms with Crippen LogP contribution in [0.15, 0.2) is 54.6 Å². The summed E-state index contributed by atoms with van der Waals surface area (Å²) in [5.41, 5.74) is 2.47. The van der Waals surface area contributed by atoms with Crippen LogP contribution in [0, 0.1) is 5.92 Å². The van der Waals surface area contributed by atoms with Gasteiger partial charge in [-0.2, -0.15) is 0 Å². The molecule has 0 spiro atoms. The standard InChI is InChI=1S/C33H43N3O7/c1-2-42-32(40)28(34-27-17-16-26-13-7-9-15-29(26)36(31(27)39)22-30(37)38)14-8-6-10-24-18-20-35(21-19-24)33(41)43-23-25-11-4-3-5-12-25/h3-5,7,9,11-13,15,24,27-28,34H,2,6,8,10,14,16-23H2,1H3,(H,37,38)/t27-,28-/m0/s1. The first-order chi connectivity index (χ1) is 20.9. The highest BCUT2D eigenvalue weighted by atomic mass is 16.6. The molecule has 2 aliphatic heterocycles. The van der Waals surface area contributed by atoms with E-state index in [1.165, 1.54) is 4.90 Å². The Labute approximate surface area is 253 Å². The van der Waals surface area contributed by atoms with Crippen molar-refractivity contribution in [1.29, 1.82) is 0 Å². The highest BCUT2D eigenvalue weighted by Gasteiger charge is 2.34. The Morgan fingerprint density at radius 2 is 1.70 bits per heavy atom. The molecule has 0 unspecified atom stereocenters. The number of piperidine rings is 1. The summed E-state index contributed by atoms with van der Waals surface area (Å²) in [5, 5.41) is 12.7. The molecule has 232 valence electrons. The van der Waals surface area contributed by atoms with Gasteiger partial charge < -0.3 is 19.5 Å². The van der Waals surface area contributed by atoms with Crippen molar-refractivity contribution >= 4 is 29.6 Å². The van der Waals surface area contributed by atoms with Gasteiger partial charge in [0, 0.05) is 18.8 Å². The van der Waals surface area contributed by atoms with Gasteiger partial charge in [0.15, 0.2) is 0 Å². The van der Waals surface area contributed by atoms with Gasteiger partial charge in [0.25, 0.3) is 0 Å². The number of carboxylic acid groups (broad SMARTS) is 1. The van der Waals surface area contributed by atoms with Crippen molar-refractivity contribution in [3.63, 3.8) is 0 Å². The maximum absolute atomic E-state index is 13.5. The second kappa shape index (κ2) is 16.1. The lowest BCUT2D eigenvalue weighted by Gasteiger charge is -2.31. The summed E-state index contributed by atoms with van der Waals surface area (Å²) in [6, 6.07) is 15.6. The summed E-state index contributed by atoms with van der Waals surface area (Å²) in [6.45, 7) is 3.15. The number of anilines is 1. The van der Waals surface area contributed by atoms with E-state index >= 15 is 0 Å². The molecule has 43 heavy (non-hydrogen) atoms. The molecule has 2 aliphatic rings. The normalized spacial score (nSPS) is 18.0. The van der Waals surface area contributed by atoms with Gasteiger partial charge in [0.2, 0.25) is 5.91 Å². The number of carbonyl (C=O) groups is 4. The summed E-state index contributed by atoms with van der Waals surface area (Å²) >= 11 is 0. The first kappa shape index (κ1) is 32.0. The third-order valence-electron chi connectivity index (χ3n) is 8.25. The van der Waals surface area contributed by atoms with Crippen molar-refractivity contribution in [1.82, 2.24) is 10.2 Å². The maximum Gasteiger partial charge on any atom is 0.410 e. The van der Waals surface area contributed by atoms with Crippen LogP contribution in [-0.2, 0) is 36.9 Å². The molecule has 2 aromatic rings. The Bertz CT molecular complexity index is 1230. The van der Waals surface area contributed by atoms with E-state index in [2.05, 4.69) is 5.32 Å². The number of amides is 2. The molecular formula is C33H43N3O7. The number of benzene rings is 2. The Hall–Kier alpha value is -3.92. The number of hydrogen-bond donors (Lipinski definition) is 2. The van der Waals surface area contributed by atoms with Crippen LogP contribution in [0.4, 0.5) is 10.5 Å². The first-order valence-corrected chi connectivity index (χ1v) is 15.3. The number of ether oxygens (including phenoxy) is 2. The molecular weight excluding hydrogens is 550 g/mol. The fourth-order valence-electron chi connectivity index (χ4n) is 5.92. The van der Waals surface area contributed by atoms with Crippen LogP contribution in [0.2, 0.25) is 0 Å². The van der Waals surface area contributed by atoms with E-state index in [1.807, 2.05) is 42.5 Å². The van der Waals surface area contributed by atoms with Gasteiger partial charge in [0.1, 0.15) is 19.2 Å². The SMILES string of the molecule is CCOC(=O)[C@H](CCCCC1CCN(C(=O)OCc2ccccc2)CC1)N[C@H]1CCc2ccccc2N(CC(=O)O)C1=O. The third-order valence-corrected chi connectivity index (χ3v) is 8.25. The van der Waals surface area contributed by atoms with Crippen LogP contribution in [0.25, 0.3) is 0 Å². The number of rotatable bonds is 13. The minimum atomic E-state index is -1.10. The molecule has 2 N–H and O–H groups in total. The molecule has 2 heterocycles. The molecule has 2 amide bonds. The van der Waals surface area contributed by atoms with Crippen LogP contribution in [0.5, 0.6) is 0 Å².